The maximum Gasteiger partial charge on any atom is 0.181 e. The summed E-state index contributed by atoms with van der Waals surface area (Å²) in [5.74, 6) is 0.585. The average molecular weight is 240 g/mol. The second kappa shape index (κ2) is 4.09. The topological polar surface area (TPSA) is 34.9 Å². The monoisotopic (exact) mass is 240 g/mol. The van der Waals surface area contributed by atoms with Crippen LogP contribution >= 0.6 is 0 Å². The van der Waals surface area contributed by atoms with Crippen LogP contribution in [0.25, 0.3) is 0 Å². The maximum absolute atomic E-state index is 12.2. The molecule has 0 fully saturated rings. The van der Waals surface area contributed by atoms with Crippen molar-refractivity contribution in [3.63, 3.8) is 0 Å². The summed E-state index contributed by atoms with van der Waals surface area (Å²) in [6.07, 6.45) is 1.62. The molecule has 0 saturated heterocycles. The van der Waals surface area contributed by atoms with E-state index < -0.39 is 0 Å². The first-order valence-electron chi connectivity index (χ1n) is 6.27. The van der Waals surface area contributed by atoms with Crippen LogP contribution in [0.3, 0.4) is 0 Å². The zero-order valence-electron chi connectivity index (χ0n) is 10.7. The predicted octanol–water partition coefficient (Wildman–Crippen LogP) is 2.64. The molecule has 0 bridgehead atoms. The van der Waals surface area contributed by atoms with Gasteiger partial charge in [-0.2, -0.15) is 5.10 Å². The first-order chi connectivity index (χ1) is 8.65. The zero-order valence-corrected chi connectivity index (χ0v) is 10.7. The molecule has 1 aromatic heterocycles. The highest BCUT2D eigenvalue weighted by molar-refractivity contribution is 5.95. The van der Waals surface area contributed by atoms with Crippen LogP contribution in [0.15, 0.2) is 30.3 Å². The van der Waals surface area contributed by atoms with Gasteiger partial charge in [0.1, 0.15) is 5.69 Å². The lowest BCUT2D eigenvalue weighted by Crippen LogP contribution is -2.21. The van der Waals surface area contributed by atoms with Crippen LogP contribution in [0, 0.1) is 6.92 Å². The van der Waals surface area contributed by atoms with E-state index in [0.29, 0.717) is 12.3 Å². The summed E-state index contributed by atoms with van der Waals surface area (Å²) in [5.41, 5.74) is 4.34. The van der Waals surface area contributed by atoms with Crippen LogP contribution in [-0.4, -0.2) is 15.6 Å². The molecule has 1 aliphatic carbocycles. The number of hydrogen-bond donors (Lipinski definition) is 0. The van der Waals surface area contributed by atoms with E-state index in [1.807, 2.05) is 26.1 Å². The van der Waals surface area contributed by atoms with Gasteiger partial charge in [0.15, 0.2) is 5.78 Å². The summed E-state index contributed by atoms with van der Waals surface area (Å²) in [7, 11) is 1.83. The van der Waals surface area contributed by atoms with Gasteiger partial charge in [0, 0.05) is 13.5 Å². The third kappa shape index (κ3) is 1.76. The summed E-state index contributed by atoms with van der Waals surface area (Å²) >= 11 is 0. The van der Waals surface area contributed by atoms with Gasteiger partial charge in [0.05, 0.1) is 5.69 Å². The van der Waals surface area contributed by atoms with Gasteiger partial charge in [-0.15, -0.1) is 0 Å². The van der Waals surface area contributed by atoms with Gasteiger partial charge in [0.25, 0.3) is 0 Å². The fraction of sp³-hybridized carbons (Fsp3) is 0.333. The minimum absolute atomic E-state index is 0.192. The summed E-state index contributed by atoms with van der Waals surface area (Å²) < 4.78 is 1.68. The number of fused-ring (bicyclic) bond motifs is 1. The summed E-state index contributed by atoms with van der Waals surface area (Å²) in [5, 5.41) is 4.22. The first kappa shape index (κ1) is 11.2. The van der Waals surface area contributed by atoms with Crippen molar-refractivity contribution >= 4 is 5.78 Å². The number of carbonyl (C=O) groups excluding carboxylic acids is 1. The molecule has 92 valence electrons. The molecule has 0 amide bonds. The van der Waals surface area contributed by atoms with Crippen molar-refractivity contribution in [1.82, 2.24) is 9.78 Å². The molecule has 1 heterocycles. The predicted molar refractivity (Wildman–Crippen MR) is 69.8 cm³/mol. The number of carbonyl (C=O) groups is 1. The number of aryl methyl sites for hydroxylation is 2. The van der Waals surface area contributed by atoms with Crippen LogP contribution in [0.5, 0.6) is 0 Å². The molecule has 3 heteroatoms. The van der Waals surface area contributed by atoms with Crippen molar-refractivity contribution in [3.05, 3.63) is 52.8 Å². The van der Waals surface area contributed by atoms with E-state index in [1.54, 1.807) is 4.68 Å². The Morgan fingerprint density at radius 1 is 1.44 bits per heavy atom. The fourth-order valence-electron chi connectivity index (χ4n) is 2.74. The van der Waals surface area contributed by atoms with E-state index in [1.165, 1.54) is 11.1 Å². The third-order valence-electron chi connectivity index (χ3n) is 3.68. The van der Waals surface area contributed by atoms with Crippen molar-refractivity contribution in [2.24, 2.45) is 7.05 Å². The summed E-state index contributed by atoms with van der Waals surface area (Å²) in [6, 6.07) is 10.2. The molecule has 1 unspecified atom stereocenters. The van der Waals surface area contributed by atoms with Gasteiger partial charge in [-0.05, 0) is 36.5 Å². The van der Waals surface area contributed by atoms with E-state index >= 15 is 0 Å². The Bertz CT molecular complexity index is 613. The van der Waals surface area contributed by atoms with Gasteiger partial charge in [-0.3, -0.25) is 9.48 Å². The Balaban J connectivity index is 1.76. The molecule has 3 nitrogen and oxygen atoms in total. The Morgan fingerprint density at radius 3 is 2.89 bits per heavy atom. The number of Topliss-reactive ketones (excluding diaryl/α,β-unsaturated/α-hetero) is 1. The number of rotatable bonds is 3. The van der Waals surface area contributed by atoms with Gasteiger partial charge in [-0.25, -0.2) is 0 Å². The first-order valence-corrected chi connectivity index (χ1v) is 6.27. The largest absolute Gasteiger partial charge is 0.292 e. The molecule has 0 saturated carbocycles. The van der Waals surface area contributed by atoms with Crippen molar-refractivity contribution in [1.29, 1.82) is 0 Å². The van der Waals surface area contributed by atoms with Gasteiger partial charge >= 0.3 is 0 Å². The summed E-state index contributed by atoms with van der Waals surface area (Å²) in [6.45, 7) is 1.91. The fourth-order valence-corrected chi connectivity index (χ4v) is 2.74. The molecule has 1 aliphatic rings. The van der Waals surface area contributed by atoms with Crippen LogP contribution in [0.4, 0.5) is 0 Å². The quantitative estimate of drug-likeness (QED) is 0.773. The highest BCUT2D eigenvalue weighted by atomic mass is 16.1. The second-order valence-corrected chi connectivity index (χ2v) is 5.02. The van der Waals surface area contributed by atoms with E-state index in [9.17, 15) is 4.79 Å². The Kier molecular flexibility index (Phi) is 2.54. The molecular formula is C15H16N2O. The molecule has 3 rings (SSSR count). The minimum Gasteiger partial charge on any atom is -0.292 e. The SMILES string of the molecule is Cc1cc(C(=O)CC2Cc3ccccc32)n(C)n1. The zero-order chi connectivity index (χ0) is 12.7. The maximum atomic E-state index is 12.2. The standard InChI is InChI=1S/C15H16N2O/c1-10-7-14(17(2)16-10)15(18)9-12-8-11-5-3-4-6-13(11)12/h3-7,12H,8-9H2,1-2H3. The van der Waals surface area contributed by atoms with E-state index in [2.05, 4.69) is 23.3 Å². The molecule has 18 heavy (non-hydrogen) atoms. The molecule has 1 aromatic carbocycles. The molecule has 1 atom stereocenters. The van der Waals surface area contributed by atoms with Crippen LogP contribution in [0.2, 0.25) is 0 Å². The van der Waals surface area contributed by atoms with Gasteiger partial charge < -0.3 is 0 Å². The summed E-state index contributed by atoms with van der Waals surface area (Å²) in [4.78, 5) is 12.2. The Morgan fingerprint density at radius 2 is 2.22 bits per heavy atom. The highest BCUT2D eigenvalue weighted by Gasteiger charge is 2.28. The Hall–Kier alpha value is -1.90. The van der Waals surface area contributed by atoms with E-state index in [4.69, 9.17) is 0 Å². The third-order valence-corrected chi connectivity index (χ3v) is 3.68. The van der Waals surface area contributed by atoms with Crippen LogP contribution in [0.1, 0.15) is 39.6 Å². The lowest BCUT2D eigenvalue weighted by molar-refractivity contribution is 0.0961. The number of benzene rings is 1. The lowest BCUT2D eigenvalue weighted by Gasteiger charge is -2.29. The Labute approximate surface area is 106 Å². The number of aromatic nitrogens is 2. The molecule has 0 aliphatic heterocycles. The smallest absolute Gasteiger partial charge is 0.181 e. The number of nitrogens with zero attached hydrogens (tertiary/aromatic N) is 2. The molecule has 2 aromatic rings. The van der Waals surface area contributed by atoms with Gasteiger partial charge in [0.2, 0.25) is 0 Å². The molecule has 0 radical (unpaired) electrons. The van der Waals surface area contributed by atoms with Crippen molar-refractivity contribution in [2.75, 3.05) is 0 Å². The molecule has 0 N–H and O–H groups in total. The lowest BCUT2D eigenvalue weighted by atomic mass is 9.75. The highest BCUT2D eigenvalue weighted by Crippen LogP contribution is 2.37. The molecular weight excluding hydrogens is 224 g/mol. The second-order valence-electron chi connectivity index (χ2n) is 5.02. The van der Waals surface area contributed by atoms with E-state index in [0.717, 1.165) is 17.8 Å². The molecule has 0 spiro atoms. The number of hydrogen-bond acceptors (Lipinski definition) is 2. The van der Waals surface area contributed by atoms with Crippen molar-refractivity contribution in [2.45, 2.75) is 25.7 Å². The number of ketones is 1. The van der Waals surface area contributed by atoms with Crippen LogP contribution < -0.4 is 0 Å². The average Bonchev–Trinajstić information content (AvgIpc) is 2.65. The van der Waals surface area contributed by atoms with Gasteiger partial charge in [-0.1, -0.05) is 24.3 Å². The van der Waals surface area contributed by atoms with E-state index in [-0.39, 0.29) is 5.78 Å². The van der Waals surface area contributed by atoms with Crippen LogP contribution in [-0.2, 0) is 13.5 Å². The van der Waals surface area contributed by atoms with Crippen molar-refractivity contribution in [3.8, 4) is 0 Å². The minimum atomic E-state index is 0.192. The normalized spacial score (nSPS) is 17.1. The van der Waals surface area contributed by atoms with Crippen molar-refractivity contribution < 1.29 is 4.79 Å².